The number of hydrogen-bond donors (Lipinski definition) is 4. The average molecular weight is 497 g/mol. The molecule has 0 radical (unpaired) electrons. The van der Waals surface area contributed by atoms with E-state index in [1.54, 1.807) is 6.07 Å². The maximum Gasteiger partial charge on any atom is 0.145 e. The summed E-state index contributed by atoms with van der Waals surface area (Å²) < 4.78 is 26.9. The molecule has 34 heavy (non-hydrogen) atoms. The van der Waals surface area contributed by atoms with Gasteiger partial charge in [-0.2, -0.15) is 0 Å². The molecule has 0 bridgehead atoms. The van der Waals surface area contributed by atoms with Crippen molar-refractivity contribution in [3.8, 4) is 0 Å². The van der Waals surface area contributed by atoms with Gasteiger partial charge in [-0.15, -0.1) is 0 Å². The molecule has 0 saturated carbocycles. The zero-order chi connectivity index (χ0) is 24.1. The highest BCUT2D eigenvalue weighted by molar-refractivity contribution is 6.30. The summed E-state index contributed by atoms with van der Waals surface area (Å²) in [6.45, 7) is 5.20. The zero-order valence-electron chi connectivity index (χ0n) is 19.5. The molecule has 1 aromatic carbocycles. The van der Waals surface area contributed by atoms with Crippen molar-refractivity contribution in [3.63, 3.8) is 0 Å². The zero-order valence-corrected chi connectivity index (χ0v) is 20.3. The largest absolute Gasteiger partial charge is 0.387 e. The molecule has 10 heteroatoms. The van der Waals surface area contributed by atoms with Crippen molar-refractivity contribution in [1.82, 2.24) is 10.2 Å². The van der Waals surface area contributed by atoms with Crippen molar-refractivity contribution in [2.24, 2.45) is 22.6 Å². The topological polar surface area (TPSA) is 113 Å². The number of aliphatic imine (C=N–C) groups is 1. The van der Waals surface area contributed by atoms with Gasteiger partial charge in [0.2, 0.25) is 0 Å². The second-order valence-electron chi connectivity index (χ2n) is 9.76. The highest BCUT2D eigenvalue weighted by atomic mass is 35.5. The van der Waals surface area contributed by atoms with Crippen LogP contribution in [0.5, 0.6) is 0 Å². The summed E-state index contributed by atoms with van der Waals surface area (Å²) in [5, 5.41) is 25.7. The van der Waals surface area contributed by atoms with E-state index in [0.717, 1.165) is 19.3 Å². The molecule has 8 nitrogen and oxygen atoms in total. The first kappa shape index (κ1) is 24.4. The van der Waals surface area contributed by atoms with Gasteiger partial charge in [-0.3, -0.25) is 15.2 Å². The summed E-state index contributed by atoms with van der Waals surface area (Å²) in [6.07, 6.45) is -1.76. The number of ether oxygens (including phenoxy) is 2. The number of likely N-dealkylation sites (tertiary alicyclic amines) is 1. The minimum absolute atomic E-state index is 0.0144. The Kier molecular flexibility index (Phi) is 6.89. The van der Waals surface area contributed by atoms with Crippen LogP contribution in [-0.2, 0) is 15.9 Å². The van der Waals surface area contributed by atoms with Crippen LogP contribution < -0.4 is 11.1 Å². The molecule has 4 aliphatic rings. The fraction of sp³-hybridized carbons (Fsp3) is 0.708. The monoisotopic (exact) mass is 496 g/mol. The lowest BCUT2D eigenvalue weighted by atomic mass is 9.91. The van der Waals surface area contributed by atoms with E-state index in [1.165, 1.54) is 6.07 Å². The molecule has 2 fully saturated rings. The predicted molar refractivity (Wildman–Crippen MR) is 126 cm³/mol. The number of amidine groups is 1. The molecule has 3 unspecified atom stereocenters. The number of benzene rings is 1. The molecule has 0 spiro atoms. The van der Waals surface area contributed by atoms with Gasteiger partial charge in [-0.05, 0) is 48.8 Å². The van der Waals surface area contributed by atoms with Crippen LogP contribution in [-0.4, -0.2) is 71.0 Å². The van der Waals surface area contributed by atoms with Crippen molar-refractivity contribution in [1.29, 1.82) is 0 Å². The van der Waals surface area contributed by atoms with Crippen LogP contribution in [0.3, 0.4) is 0 Å². The van der Waals surface area contributed by atoms with E-state index in [9.17, 15) is 14.6 Å². The number of aliphatic hydroxyl groups is 2. The van der Waals surface area contributed by atoms with Gasteiger partial charge in [-0.25, -0.2) is 4.39 Å². The molecule has 1 aromatic rings. The Morgan fingerprint density at radius 1 is 1.29 bits per heavy atom. The Bertz CT molecular complexity index is 948. The second-order valence-corrected chi connectivity index (χ2v) is 10.2. The van der Waals surface area contributed by atoms with E-state index >= 15 is 0 Å². The maximum absolute atomic E-state index is 14.6. The molecular weight excluding hydrogens is 463 g/mol. The molecular formula is C24H34ClFN4O4. The third kappa shape index (κ3) is 3.95. The lowest BCUT2D eigenvalue weighted by Gasteiger charge is -2.40. The van der Waals surface area contributed by atoms with E-state index in [1.807, 2.05) is 4.90 Å². The minimum atomic E-state index is -1.19. The van der Waals surface area contributed by atoms with Crippen LogP contribution in [0.1, 0.15) is 50.3 Å². The van der Waals surface area contributed by atoms with Gasteiger partial charge in [0.15, 0.2) is 0 Å². The first-order valence-corrected chi connectivity index (χ1v) is 12.7. The quantitative estimate of drug-likeness (QED) is 0.492. The molecule has 0 amide bonds. The number of aliphatic hydroxyl groups excluding tert-OH is 2. The molecule has 4 aliphatic heterocycles. The molecule has 5 rings (SSSR count). The van der Waals surface area contributed by atoms with Gasteiger partial charge in [0, 0.05) is 12.5 Å². The van der Waals surface area contributed by atoms with Crippen LogP contribution in [0.4, 0.5) is 4.39 Å². The number of fused-ring (bicyclic) bond motifs is 2. The maximum atomic E-state index is 14.6. The first-order valence-electron chi connectivity index (χ1n) is 12.3. The normalized spacial score (nSPS) is 38.1. The van der Waals surface area contributed by atoms with Crippen LogP contribution in [0.2, 0.25) is 5.02 Å². The van der Waals surface area contributed by atoms with Crippen molar-refractivity contribution in [2.75, 3.05) is 13.2 Å². The Hall–Kier alpha value is -1.33. The second kappa shape index (κ2) is 9.61. The summed E-state index contributed by atoms with van der Waals surface area (Å²) >= 11 is 5.98. The van der Waals surface area contributed by atoms with E-state index in [4.69, 9.17) is 31.8 Å². The molecule has 188 valence electrons. The summed E-state index contributed by atoms with van der Waals surface area (Å²) in [6, 6.07) is 3.20. The van der Waals surface area contributed by atoms with E-state index in [-0.39, 0.29) is 29.9 Å². The molecule has 4 heterocycles. The predicted octanol–water partition coefficient (Wildman–Crippen LogP) is 1.91. The molecule has 5 N–H and O–H groups in total. The molecule has 0 aliphatic carbocycles. The number of nitrogens with two attached hydrogens (primary N) is 1. The van der Waals surface area contributed by atoms with E-state index < -0.39 is 36.5 Å². The Balaban J connectivity index is 1.38. The third-order valence-corrected chi connectivity index (χ3v) is 8.32. The van der Waals surface area contributed by atoms with Crippen molar-refractivity contribution in [3.05, 3.63) is 34.1 Å². The summed E-state index contributed by atoms with van der Waals surface area (Å²) in [4.78, 5) is 6.77. The number of halogens is 2. The summed E-state index contributed by atoms with van der Waals surface area (Å²) in [7, 11) is 0. The highest BCUT2D eigenvalue weighted by Crippen LogP contribution is 2.42. The average Bonchev–Trinajstić information content (AvgIpc) is 3.38. The third-order valence-electron chi connectivity index (χ3n) is 8.03. The van der Waals surface area contributed by atoms with Crippen molar-refractivity contribution >= 4 is 17.4 Å². The molecule has 8 atom stereocenters. The lowest BCUT2D eigenvalue weighted by Crippen LogP contribution is -2.60. The van der Waals surface area contributed by atoms with Crippen molar-refractivity contribution in [2.45, 2.75) is 82.5 Å². The van der Waals surface area contributed by atoms with Crippen molar-refractivity contribution < 1.29 is 24.1 Å². The minimum Gasteiger partial charge on any atom is -0.387 e. The van der Waals surface area contributed by atoms with Crippen LogP contribution in [0.15, 0.2) is 17.1 Å². The SMILES string of the molecule is CCC(CC)C1N=C(N)C2CCN([C@@H]3O[C@H]([C@@H]4OCCc5c4ccc(Cl)c5F)[C@@H](O)[C@H]3O)C2N1. The summed E-state index contributed by atoms with van der Waals surface area (Å²) in [5.41, 5.74) is 7.45. The van der Waals surface area contributed by atoms with Crippen LogP contribution in [0.25, 0.3) is 0 Å². The molecule has 0 aromatic heterocycles. The van der Waals surface area contributed by atoms with Gasteiger partial charge < -0.3 is 25.4 Å². The Morgan fingerprint density at radius 2 is 2.06 bits per heavy atom. The number of nitrogens with zero attached hydrogens (tertiary/aromatic N) is 2. The number of rotatable bonds is 5. The van der Waals surface area contributed by atoms with Crippen LogP contribution in [0, 0.1) is 17.7 Å². The van der Waals surface area contributed by atoms with Gasteiger partial charge in [0.25, 0.3) is 0 Å². The molecule has 2 saturated heterocycles. The van der Waals surface area contributed by atoms with Gasteiger partial charge in [0.05, 0.1) is 17.8 Å². The van der Waals surface area contributed by atoms with Gasteiger partial charge in [-0.1, -0.05) is 31.5 Å². The fourth-order valence-corrected chi connectivity index (χ4v) is 6.23. The number of hydrogen-bond acceptors (Lipinski definition) is 8. The smallest absolute Gasteiger partial charge is 0.145 e. The van der Waals surface area contributed by atoms with Gasteiger partial charge in [0.1, 0.15) is 48.5 Å². The van der Waals surface area contributed by atoms with Gasteiger partial charge >= 0.3 is 0 Å². The van der Waals surface area contributed by atoms with E-state index in [0.29, 0.717) is 35.8 Å². The lowest BCUT2D eigenvalue weighted by molar-refractivity contribution is -0.140. The Morgan fingerprint density at radius 3 is 2.79 bits per heavy atom. The first-order chi connectivity index (χ1) is 16.3. The highest BCUT2D eigenvalue weighted by Gasteiger charge is 2.54. The standard InChI is InChI=1S/C24H34ClFN4O4/c1-3-11(4-2)22-28-21(27)14-7-9-30(23(14)29-22)24-18(32)17(31)20(34-24)19-13-5-6-15(25)16(26)12(13)8-10-33-19/h5-6,11,14,17-20,22-24,29,31-32H,3-4,7-10H2,1-2H3,(H2,27,28)/t14?,17-,18+,19+,20-,22?,23?,24+/m0/s1. The fourth-order valence-electron chi connectivity index (χ4n) is 6.06. The Labute approximate surface area is 204 Å². The van der Waals surface area contributed by atoms with Crippen LogP contribution >= 0.6 is 11.6 Å². The number of nitrogens with one attached hydrogen (secondary N) is 1. The van der Waals surface area contributed by atoms with E-state index in [2.05, 4.69) is 19.2 Å². The summed E-state index contributed by atoms with van der Waals surface area (Å²) in [5.74, 6) is 0.529.